The molecule has 5 rings (SSSR count). The molecule has 0 bridgehead atoms. The second-order valence-electron chi connectivity index (χ2n) is 8.07. The first kappa shape index (κ1) is 21.9. The monoisotopic (exact) mass is 482 g/mol. The van der Waals surface area contributed by atoms with Crippen molar-refractivity contribution < 1.29 is 18.9 Å². The molecule has 2 aromatic carbocycles. The maximum atomic E-state index is 13.5. The molecule has 1 aromatic heterocycles. The number of nitrogens with one attached hydrogen (secondary N) is 2. The third-order valence-corrected chi connectivity index (χ3v) is 7.14. The Morgan fingerprint density at radius 3 is 2.79 bits per heavy atom. The lowest BCUT2D eigenvalue weighted by molar-refractivity contribution is 0.369. The summed E-state index contributed by atoms with van der Waals surface area (Å²) in [5.74, 6) is 0.0398. The summed E-state index contributed by atoms with van der Waals surface area (Å²) in [5, 5.41) is 23.0. The van der Waals surface area contributed by atoms with Crippen LogP contribution in [0.1, 0.15) is 18.4 Å². The van der Waals surface area contributed by atoms with Crippen molar-refractivity contribution in [2.24, 2.45) is 10.3 Å². The van der Waals surface area contributed by atoms with Crippen LogP contribution in [0.4, 0.5) is 11.4 Å². The number of amidine groups is 1. The van der Waals surface area contributed by atoms with E-state index in [2.05, 4.69) is 15.1 Å². The average molecular weight is 483 g/mol. The average Bonchev–Trinajstić information content (AvgIpc) is 3.62. The molecule has 0 saturated heterocycles. The van der Waals surface area contributed by atoms with Gasteiger partial charge in [-0.1, -0.05) is 22.9 Å². The molecule has 0 spiro atoms. The van der Waals surface area contributed by atoms with Crippen LogP contribution < -0.4 is 26.8 Å². The number of nitrogens with two attached hydrogens (primary N) is 1. The van der Waals surface area contributed by atoms with Gasteiger partial charge in [-0.15, -0.1) is 4.40 Å². The minimum absolute atomic E-state index is 0.0886. The summed E-state index contributed by atoms with van der Waals surface area (Å²) in [6, 6.07) is 11.6. The van der Waals surface area contributed by atoms with Crippen molar-refractivity contribution in [3.63, 3.8) is 0 Å². The third kappa shape index (κ3) is 3.65. The van der Waals surface area contributed by atoms with E-state index in [9.17, 15) is 19.0 Å². The van der Waals surface area contributed by atoms with Gasteiger partial charge in [0.05, 0.1) is 11.2 Å². The molecule has 1 saturated carbocycles. The van der Waals surface area contributed by atoms with Crippen molar-refractivity contribution in [3.05, 3.63) is 52.3 Å². The topological polar surface area (TPSA) is 178 Å². The number of para-hydroxylation sites is 1. The number of hydrogen-bond acceptors (Lipinski definition) is 10. The molecule has 2 aliphatic rings. The molecule has 3 aromatic rings. The fourth-order valence-electron chi connectivity index (χ4n) is 3.88. The summed E-state index contributed by atoms with van der Waals surface area (Å²) in [4.78, 5) is 13.4. The number of nitrogen functional groups attached to an aromatic ring is 1. The highest BCUT2D eigenvalue weighted by Crippen LogP contribution is 2.59. The molecule has 0 radical (unpaired) electrons. The van der Waals surface area contributed by atoms with Crippen molar-refractivity contribution in [1.82, 2.24) is 4.68 Å². The van der Waals surface area contributed by atoms with E-state index < -0.39 is 16.3 Å². The van der Waals surface area contributed by atoms with Crippen LogP contribution in [0.2, 0.25) is 0 Å². The Kier molecular flexibility index (Phi) is 5.24. The van der Waals surface area contributed by atoms with E-state index in [4.69, 9.17) is 15.7 Å². The molecule has 1 aliphatic carbocycles. The van der Waals surface area contributed by atoms with Crippen molar-refractivity contribution in [2.45, 2.75) is 17.7 Å². The van der Waals surface area contributed by atoms with Gasteiger partial charge in [0.25, 0.3) is 5.56 Å². The molecule has 11 nitrogen and oxygen atoms in total. The Balaban J connectivity index is 1.65. The van der Waals surface area contributed by atoms with Gasteiger partial charge >= 0.3 is 0 Å². The SMILES string of the molecule is N#CCOc1ccc2c(c1N)S(O)(O)N=C(c1c(O)c3ccccc3n(NCC3CC3)c1=O)N2. The Morgan fingerprint density at radius 2 is 2.06 bits per heavy atom. The Labute approximate surface area is 195 Å². The molecular weight excluding hydrogens is 460 g/mol. The van der Waals surface area contributed by atoms with Gasteiger partial charge in [0.2, 0.25) is 0 Å². The van der Waals surface area contributed by atoms with Crippen LogP contribution in [0.25, 0.3) is 10.9 Å². The van der Waals surface area contributed by atoms with Gasteiger partial charge in [0, 0.05) is 11.9 Å². The minimum atomic E-state index is -3.88. The van der Waals surface area contributed by atoms with E-state index in [1.165, 1.54) is 16.8 Å². The molecule has 0 unspecified atom stereocenters. The number of hydrogen-bond donors (Lipinski definition) is 6. The second kappa shape index (κ2) is 8.14. The molecule has 1 aliphatic heterocycles. The van der Waals surface area contributed by atoms with Crippen molar-refractivity contribution in [1.29, 1.82) is 5.26 Å². The number of fused-ring (bicyclic) bond motifs is 2. The number of rotatable bonds is 6. The van der Waals surface area contributed by atoms with E-state index in [0.29, 0.717) is 23.4 Å². The van der Waals surface area contributed by atoms with Crippen LogP contribution in [0.5, 0.6) is 11.5 Å². The fraction of sp³-hybridized carbons (Fsp3) is 0.227. The Bertz CT molecular complexity index is 1440. The smallest absolute Gasteiger partial charge is 0.284 e. The van der Waals surface area contributed by atoms with Gasteiger partial charge in [0.1, 0.15) is 33.7 Å². The minimum Gasteiger partial charge on any atom is -0.506 e. The van der Waals surface area contributed by atoms with E-state index in [-0.39, 0.29) is 45.8 Å². The largest absolute Gasteiger partial charge is 0.506 e. The van der Waals surface area contributed by atoms with E-state index >= 15 is 0 Å². The molecular formula is C22H22N6O5S. The molecule has 2 heterocycles. The quantitative estimate of drug-likeness (QED) is 0.288. The zero-order valence-electron chi connectivity index (χ0n) is 17.9. The summed E-state index contributed by atoms with van der Waals surface area (Å²) in [5.41, 5.74) is 8.98. The first-order chi connectivity index (χ1) is 16.3. The predicted octanol–water partition coefficient (Wildman–Crippen LogP) is 3.04. The molecule has 0 atom stereocenters. The van der Waals surface area contributed by atoms with Gasteiger partial charge in [0.15, 0.2) is 12.4 Å². The van der Waals surface area contributed by atoms with Gasteiger partial charge in [-0.25, -0.2) is 4.68 Å². The number of aromatic hydroxyl groups is 1. The number of pyridine rings is 1. The van der Waals surface area contributed by atoms with Crippen LogP contribution >= 0.6 is 10.8 Å². The zero-order chi connectivity index (χ0) is 24.0. The normalized spacial score (nSPS) is 17.1. The Hall–Kier alpha value is -3.92. The lowest BCUT2D eigenvalue weighted by Gasteiger charge is -2.35. The van der Waals surface area contributed by atoms with E-state index in [1.54, 1.807) is 24.3 Å². The molecule has 12 heteroatoms. The summed E-state index contributed by atoms with van der Waals surface area (Å²) < 4.78 is 32.3. The number of nitrogens with zero attached hydrogens (tertiary/aromatic N) is 3. The number of nitriles is 1. The number of anilines is 2. The predicted molar refractivity (Wildman–Crippen MR) is 130 cm³/mol. The fourth-order valence-corrected chi connectivity index (χ4v) is 5.17. The lowest BCUT2D eigenvalue weighted by atomic mass is 10.1. The van der Waals surface area contributed by atoms with Crippen LogP contribution in [-0.4, -0.2) is 37.9 Å². The first-order valence-corrected chi connectivity index (χ1v) is 12.0. The molecule has 7 N–H and O–H groups in total. The number of aromatic nitrogens is 1. The van der Waals surface area contributed by atoms with E-state index in [0.717, 1.165) is 12.8 Å². The summed E-state index contributed by atoms with van der Waals surface area (Å²) >= 11 is 0. The van der Waals surface area contributed by atoms with Gasteiger partial charge in [-0.05, 0) is 43.0 Å². The van der Waals surface area contributed by atoms with Crippen LogP contribution in [0.3, 0.4) is 0 Å². The van der Waals surface area contributed by atoms with Crippen molar-refractivity contribution in [2.75, 3.05) is 29.6 Å². The van der Waals surface area contributed by atoms with Crippen LogP contribution in [0, 0.1) is 17.2 Å². The van der Waals surface area contributed by atoms with Gasteiger partial charge < -0.3 is 26.3 Å². The molecule has 0 amide bonds. The van der Waals surface area contributed by atoms with E-state index in [1.807, 2.05) is 6.07 Å². The van der Waals surface area contributed by atoms with Gasteiger partial charge in [-0.2, -0.15) is 5.26 Å². The number of ether oxygens (including phenoxy) is 1. The molecule has 34 heavy (non-hydrogen) atoms. The lowest BCUT2D eigenvalue weighted by Crippen LogP contribution is -2.36. The van der Waals surface area contributed by atoms with Crippen LogP contribution in [-0.2, 0) is 0 Å². The Morgan fingerprint density at radius 1 is 1.29 bits per heavy atom. The highest BCUT2D eigenvalue weighted by molar-refractivity contribution is 8.23. The van der Waals surface area contributed by atoms with Crippen molar-refractivity contribution >= 4 is 38.9 Å². The van der Waals surface area contributed by atoms with Crippen LogP contribution in [0.15, 0.2) is 50.5 Å². The number of benzene rings is 2. The maximum Gasteiger partial charge on any atom is 0.284 e. The zero-order valence-corrected chi connectivity index (χ0v) is 18.7. The molecule has 1 fully saturated rings. The summed E-state index contributed by atoms with van der Waals surface area (Å²) in [6.45, 7) is 0.316. The summed E-state index contributed by atoms with van der Waals surface area (Å²) in [7, 11) is -3.88. The third-order valence-electron chi connectivity index (χ3n) is 5.72. The van der Waals surface area contributed by atoms with Crippen molar-refractivity contribution in [3.8, 4) is 17.6 Å². The molecule has 176 valence electrons. The summed E-state index contributed by atoms with van der Waals surface area (Å²) in [6.07, 6.45) is 2.16. The standard InChI is InChI=1S/C22H22N6O5S/c23-9-10-33-16-8-7-14-20(18(16)24)34(31,32)27-21(26-14)17-19(29)13-3-1-2-4-15(13)28(22(17)30)25-11-12-5-6-12/h1-4,7-8,12,25,29,31-32H,5-6,10-11,24H2,(H,26,27). The first-order valence-electron chi connectivity index (χ1n) is 10.5. The maximum absolute atomic E-state index is 13.5. The highest BCUT2D eigenvalue weighted by atomic mass is 32.3. The second-order valence-corrected chi connectivity index (χ2v) is 9.70. The highest BCUT2D eigenvalue weighted by Gasteiger charge is 2.33. The van der Waals surface area contributed by atoms with Gasteiger partial charge in [-0.3, -0.25) is 13.9 Å².